The Morgan fingerprint density at radius 1 is 1.30 bits per heavy atom. The molecule has 0 saturated heterocycles. The third-order valence-corrected chi connectivity index (χ3v) is 3.60. The summed E-state index contributed by atoms with van der Waals surface area (Å²) in [6.45, 7) is 4.00. The largest absolute Gasteiger partial charge is 0.454 e. The van der Waals surface area contributed by atoms with E-state index in [-0.39, 0.29) is 24.7 Å². The maximum absolute atomic E-state index is 12.1. The number of ether oxygens (including phenoxy) is 2. The zero-order valence-electron chi connectivity index (χ0n) is 12.9. The number of H-pyrrole nitrogens is 1. The minimum absolute atomic E-state index is 0.000994. The average Bonchev–Trinajstić information content (AvgIpc) is 2.96. The van der Waals surface area contributed by atoms with Crippen molar-refractivity contribution >= 4 is 5.91 Å². The van der Waals surface area contributed by atoms with E-state index in [1.807, 2.05) is 18.2 Å². The molecule has 1 aliphatic heterocycles. The lowest BCUT2D eigenvalue weighted by molar-refractivity contribution is -0.120. The predicted molar refractivity (Wildman–Crippen MR) is 82.4 cm³/mol. The first-order valence-corrected chi connectivity index (χ1v) is 7.24. The standard InChI is InChI=1S/C16H17N3O4/c1-9-12(16(21)19-10(2)18-9)6-15(20)17-7-11-3-4-13-14(5-11)23-8-22-13/h3-5H,6-8H2,1-2H3,(H,17,20)(H,18,19,21). The topological polar surface area (TPSA) is 93.3 Å². The van der Waals surface area contributed by atoms with Crippen molar-refractivity contribution in [2.75, 3.05) is 6.79 Å². The summed E-state index contributed by atoms with van der Waals surface area (Å²) >= 11 is 0. The predicted octanol–water partition coefficient (Wildman–Crippen LogP) is 0.974. The van der Waals surface area contributed by atoms with Crippen LogP contribution in [0.3, 0.4) is 0 Å². The summed E-state index contributed by atoms with van der Waals surface area (Å²) in [5, 5.41) is 2.79. The molecule has 1 amide bonds. The van der Waals surface area contributed by atoms with Crippen LogP contribution in [0.1, 0.15) is 22.6 Å². The van der Waals surface area contributed by atoms with E-state index in [0.717, 1.165) is 5.56 Å². The minimum atomic E-state index is -0.270. The van der Waals surface area contributed by atoms with Crippen LogP contribution in [0.2, 0.25) is 0 Å². The monoisotopic (exact) mass is 315 g/mol. The van der Waals surface area contributed by atoms with Crippen molar-refractivity contribution < 1.29 is 14.3 Å². The first-order chi connectivity index (χ1) is 11.0. The molecule has 7 heteroatoms. The Labute approximate surface area is 132 Å². The molecule has 120 valence electrons. The van der Waals surface area contributed by atoms with Crippen LogP contribution in [0.5, 0.6) is 11.5 Å². The Hall–Kier alpha value is -2.83. The summed E-state index contributed by atoms with van der Waals surface area (Å²) in [7, 11) is 0. The van der Waals surface area contributed by atoms with Crippen molar-refractivity contribution in [3.8, 4) is 11.5 Å². The zero-order valence-corrected chi connectivity index (χ0v) is 12.9. The van der Waals surface area contributed by atoms with E-state index in [0.29, 0.717) is 35.1 Å². The van der Waals surface area contributed by atoms with Crippen LogP contribution in [0.4, 0.5) is 0 Å². The quantitative estimate of drug-likeness (QED) is 0.877. The minimum Gasteiger partial charge on any atom is -0.454 e. The van der Waals surface area contributed by atoms with Gasteiger partial charge in [0, 0.05) is 17.8 Å². The first-order valence-electron chi connectivity index (χ1n) is 7.24. The molecule has 3 rings (SSSR count). The summed E-state index contributed by atoms with van der Waals surface area (Å²) in [6, 6.07) is 5.50. The van der Waals surface area contributed by atoms with Crippen LogP contribution in [0.25, 0.3) is 0 Å². The van der Waals surface area contributed by atoms with Crippen LogP contribution in [-0.4, -0.2) is 22.7 Å². The van der Waals surface area contributed by atoms with E-state index in [9.17, 15) is 9.59 Å². The molecule has 0 bridgehead atoms. The Morgan fingerprint density at radius 3 is 2.87 bits per heavy atom. The number of amides is 1. The summed E-state index contributed by atoms with van der Waals surface area (Å²) < 4.78 is 10.5. The number of hydrogen-bond acceptors (Lipinski definition) is 5. The van der Waals surface area contributed by atoms with Crippen molar-refractivity contribution in [1.29, 1.82) is 0 Å². The Balaban J connectivity index is 1.63. The van der Waals surface area contributed by atoms with Crippen molar-refractivity contribution in [3.63, 3.8) is 0 Å². The highest BCUT2D eigenvalue weighted by Gasteiger charge is 2.14. The van der Waals surface area contributed by atoms with Gasteiger partial charge in [-0.05, 0) is 31.5 Å². The number of aromatic amines is 1. The van der Waals surface area contributed by atoms with Gasteiger partial charge < -0.3 is 19.8 Å². The molecule has 0 aliphatic carbocycles. The van der Waals surface area contributed by atoms with E-state index >= 15 is 0 Å². The van der Waals surface area contributed by atoms with Crippen LogP contribution >= 0.6 is 0 Å². The van der Waals surface area contributed by atoms with E-state index < -0.39 is 0 Å². The van der Waals surface area contributed by atoms with Crippen molar-refractivity contribution in [1.82, 2.24) is 15.3 Å². The van der Waals surface area contributed by atoms with Crippen molar-refractivity contribution in [3.05, 3.63) is 51.2 Å². The fourth-order valence-corrected chi connectivity index (χ4v) is 2.43. The summed E-state index contributed by atoms with van der Waals surface area (Å²) in [5.74, 6) is 1.68. The van der Waals surface area contributed by atoms with Crippen LogP contribution in [0.15, 0.2) is 23.0 Å². The highest BCUT2D eigenvalue weighted by Crippen LogP contribution is 2.32. The first kappa shape index (κ1) is 15.1. The molecule has 1 aromatic heterocycles. The molecular formula is C16H17N3O4. The zero-order chi connectivity index (χ0) is 16.4. The molecule has 0 unspecified atom stereocenters. The fraction of sp³-hybridized carbons (Fsp3) is 0.312. The molecule has 1 aromatic carbocycles. The van der Waals surface area contributed by atoms with Gasteiger partial charge in [-0.3, -0.25) is 9.59 Å². The van der Waals surface area contributed by atoms with Crippen molar-refractivity contribution in [2.24, 2.45) is 0 Å². The summed E-state index contributed by atoms with van der Waals surface area (Å²) in [4.78, 5) is 30.7. The van der Waals surface area contributed by atoms with Gasteiger partial charge in [-0.1, -0.05) is 6.07 Å². The van der Waals surface area contributed by atoms with Crippen molar-refractivity contribution in [2.45, 2.75) is 26.8 Å². The van der Waals surface area contributed by atoms with Gasteiger partial charge in [-0.15, -0.1) is 0 Å². The molecule has 2 aromatic rings. The number of carbonyl (C=O) groups is 1. The van der Waals surface area contributed by atoms with Crippen LogP contribution in [0, 0.1) is 13.8 Å². The second kappa shape index (κ2) is 6.12. The van der Waals surface area contributed by atoms with Gasteiger partial charge in [0.05, 0.1) is 6.42 Å². The Bertz CT molecular complexity index is 813. The lowest BCUT2D eigenvalue weighted by Gasteiger charge is -2.08. The summed E-state index contributed by atoms with van der Waals surface area (Å²) in [6.07, 6.45) is -0.000994. The third kappa shape index (κ3) is 3.33. The van der Waals surface area contributed by atoms with Gasteiger partial charge in [0.15, 0.2) is 11.5 Å². The maximum Gasteiger partial charge on any atom is 0.254 e. The highest BCUT2D eigenvalue weighted by atomic mass is 16.7. The summed E-state index contributed by atoms with van der Waals surface area (Å²) in [5.41, 5.74) is 1.59. The van der Waals surface area contributed by atoms with Gasteiger partial charge >= 0.3 is 0 Å². The molecular weight excluding hydrogens is 298 g/mol. The molecule has 0 radical (unpaired) electrons. The molecule has 7 nitrogen and oxygen atoms in total. The number of hydrogen-bond donors (Lipinski definition) is 2. The van der Waals surface area contributed by atoms with E-state index in [1.165, 1.54) is 0 Å². The highest BCUT2D eigenvalue weighted by molar-refractivity contribution is 5.78. The van der Waals surface area contributed by atoms with Gasteiger partial charge in [0.25, 0.3) is 5.56 Å². The number of nitrogens with one attached hydrogen (secondary N) is 2. The van der Waals surface area contributed by atoms with Gasteiger partial charge in [0.2, 0.25) is 12.7 Å². The second-order valence-electron chi connectivity index (χ2n) is 5.36. The number of nitrogens with zero attached hydrogens (tertiary/aromatic N) is 1. The molecule has 0 fully saturated rings. The molecule has 0 saturated carbocycles. The SMILES string of the molecule is Cc1nc(C)c(CC(=O)NCc2ccc3c(c2)OCO3)c(=O)[nH]1. The number of aryl methyl sites for hydroxylation is 2. The molecule has 0 atom stereocenters. The fourth-order valence-electron chi connectivity index (χ4n) is 2.43. The van der Waals surface area contributed by atoms with Gasteiger partial charge in [-0.2, -0.15) is 0 Å². The van der Waals surface area contributed by atoms with Gasteiger partial charge in [0.1, 0.15) is 5.82 Å². The van der Waals surface area contributed by atoms with E-state index in [4.69, 9.17) is 9.47 Å². The number of rotatable bonds is 4. The Kier molecular flexibility index (Phi) is 4.01. The number of carbonyl (C=O) groups excluding carboxylic acids is 1. The second-order valence-corrected chi connectivity index (χ2v) is 5.36. The van der Waals surface area contributed by atoms with Gasteiger partial charge in [-0.25, -0.2) is 4.98 Å². The average molecular weight is 315 g/mol. The maximum atomic E-state index is 12.1. The lowest BCUT2D eigenvalue weighted by Crippen LogP contribution is -2.29. The smallest absolute Gasteiger partial charge is 0.254 e. The number of fused-ring (bicyclic) bond motifs is 1. The van der Waals surface area contributed by atoms with Crippen LogP contribution in [-0.2, 0) is 17.8 Å². The molecule has 0 spiro atoms. The van der Waals surface area contributed by atoms with E-state index in [1.54, 1.807) is 13.8 Å². The Morgan fingerprint density at radius 2 is 2.09 bits per heavy atom. The van der Waals surface area contributed by atoms with E-state index in [2.05, 4.69) is 15.3 Å². The lowest BCUT2D eigenvalue weighted by atomic mass is 10.1. The van der Waals surface area contributed by atoms with Crippen LogP contribution < -0.4 is 20.3 Å². The third-order valence-electron chi connectivity index (χ3n) is 3.60. The molecule has 2 N–H and O–H groups in total. The molecule has 2 heterocycles. The normalized spacial score (nSPS) is 12.3. The molecule has 23 heavy (non-hydrogen) atoms. The number of aromatic nitrogens is 2. The number of benzene rings is 1. The molecule has 1 aliphatic rings.